The second-order valence-electron chi connectivity index (χ2n) is 2.28. The number of rotatable bonds is 3. The average Bonchev–Trinajstić information content (AvgIpc) is 1.82. The predicted octanol–water partition coefficient (Wildman–Crippen LogP) is 0.788. The first-order valence-corrected chi connectivity index (χ1v) is 3.12. The van der Waals surface area contributed by atoms with E-state index in [1.54, 1.807) is 6.92 Å². The number of aliphatic hydroxyl groups excluding tert-OH is 1. The number of hydrogen-bond donors (Lipinski definition) is 2. The highest BCUT2D eigenvalue weighted by atomic mass is 16.4. The van der Waals surface area contributed by atoms with Gasteiger partial charge in [0.25, 0.3) is 0 Å². The lowest BCUT2D eigenvalue weighted by Crippen LogP contribution is -2.00. The summed E-state index contributed by atoms with van der Waals surface area (Å²) in [7, 11) is 0. The maximum Gasteiger partial charge on any atom is 0.330 e. The van der Waals surface area contributed by atoms with Crippen molar-refractivity contribution < 1.29 is 15.0 Å². The van der Waals surface area contributed by atoms with Gasteiger partial charge in [0, 0.05) is 5.57 Å². The van der Waals surface area contributed by atoms with Crippen molar-refractivity contribution in [3.05, 3.63) is 11.6 Å². The fraction of sp³-hybridized carbons (Fsp3) is 0.571. The number of hydrogen-bond acceptors (Lipinski definition) is 2. The van der Waals surface area contributed by atoms with E-state index < -0.39 is 12.1 Å². The summed E-state index contributed by atoms with van der Waals surface area (Å²) in [5, 5.41) is 17.1. The Morgan fingerprint density at radius 2 is 2.20 bits per heavy atom. The minimum Gasteiger partial charge on any atom is -0.478 e. The summed E-state index contributed by atoms with van der Waals surface area (Å²) in [5.74, 6) is -0.930. The quantitative estimate of drug-likeness (QED) is 0.576. The summed E-state index contributed by atoms with van der Waals surface area (Å²) < 4.78 is 0. The van der Waals surface area contributed by atoms with Gasteiger partial charge in [-0.15, -0.1) is 0 Å². The summed E-state index contributed by atoms with van der Waals surface area (Å²) in [6.07, 6.45) is 1.44. The van der Waals surface area contributed by atoms with Gasteiger partial charge in [-0.25, -0.2) is 4.79 Å². The Hall–Kier alpha value is -0.830. The maximum atomic E-state index is 10.2. The van der Waals surface area contributed by atoms with Gasteiger partial charge in [-0.1, -0.05) is 6.08 Å². The van der Waals surface area contributed by atoms with E-state index in [-0.39, 0.29) is 5.57 Å². The van der Waals surface area contributed by atoms with Crippen LogP contribution in [0.15, 0.2) is 11.6 Å². The molecule has 0 heterocycles. The lowest BCUT2D eigenvalue weighted by molar-refractivity contribution is -0.132. The first-order valence-electron chi connectivity index (χ1n) is 3.12. The molecule has 3 nitrogen and oxygen atoms in total. The molecule has 0 rings (SSSR count). The molecule has 0 saturated carbocycles. The van der Waals surface area contributed by atoms with Crippen molar-refractivity contribution in [2.45, 2.75) is 26.4 Å². The number of aliphatic carboxylic acids is 1. The van der Waals surface area contributed by atoms with Gasteiger partial charge in [-0.05, 0) is 20.3 Å². The molecular weight excluding hydrogens is 132 g/mol. The van der Waals surface area contributed by atoms with Gasteiger partial charge in [-0.2, -0.15) is 0 Å². The van der Waals surface area contributed by atoms with Crippen molar-refractivity contribution in [1.82, 2.24) is 0 Å². The van der Waals surface area contributed by atoms with Crippen LogP contribution in [0.5, 0.6) is 0 Å². The average molecular weight is 144 g/mol. The van der Waals surface area contributed by atoms with Crippen LogP contribution < -0.4 is 0 Å². The summed E-state index contributed by atoms with van der Waals surface area (Å²) in [4.78, 5) is 10.2. The molecule has 58 valence electrons. The molecule has 0 aromatic carbocycles. The van der Waals surface area contributed by atoms with Crippen LogP contribution >= 0.6 is 0 Å². The monoisotopic (exact) mass is 144 g/mol. The van der Waals surface area contributed by atoms with Gasteiger partial charge in [-0.3, -0.25) is 0 Å². The van der Waals surface area contributed by atoms with Crippen LogP contribution in [0, 0.1) is 0 Å². The number of carboxylic acids is 1. The molecule has 0 amide bonds. The lowest BCUT2D eigenvalue weighted by Gasteiger charge is -1.97. The Bertz CT molecular complexity index is 147. The topological polar surface area (TPSA) is 57.5 Å². The minimum absolute atomic E-state index is 0.279. The largest absolute Gasteiger partial charge is 0.478 e. The first kappa shape index (κ1) is 9.17. The van der Waals surface area contributed by atoms with E-state index in [1.165, 1.54) is 13.0 Å². The predicted molar refractivity (Wildman–Crippen MR) is 37.7 cm³/mol. The van der Waals surface area contributed by atoms with Crippen LogP contribution in [0.2, 0.25) is 0 Å². The molecule has 0 aromatic heterocycles. The molecule has 0 fully saturated rings. The zero-order valence-electron chi connectivity index (χ0n) is 6.16. The fourth-order valence-corrected chi connectivity index (χ4v) is 0.435. The van der Waals surface area contributed by atoms with Crippen molar-refractivity contribution in [3.63, 3.8) is 0 Å². The lowest BCUT2D eigenvalue weighted by atomic mass is 10.2. The summed E-state index contributed by atoms with van der Waals surface area (Å²) >= 11 is 0. The second kappa shape index (κ2) is 4.06. The van der Waals surface area contributed by atoms with Crippen LogP contribution in [0.4, 0.5) is 0 Å². The zero-order chi connectivity index (χ0) is 8.15. The third-order valence-corrected chi connectivity index (χ3v) is 1.10. The van der Waals surface area contributed by atoms with E-state index in [0.717, 1.165) is 0 Å². The molecule has 2 N–H and O–H groups in total. The van der Waals surface area contributed by atoms with Gasteiger partial charge < -0.3 is 10.2 Å². The van der Waals surface area contributed by atoms with E-state index in [2.05, 4.69) is 0 Å². The van der Waals surface area contributed by atoms with E-state index in [1.807, 2.05) is 0 Å². The van der Waals surface area contributed by atoms with E-state index in [9.17, 15) is 4.79 Å². The molecule has 0 aliphatic rings. The Morgan fingerprint density at radius 3 is 2.50 bits per heavy atom. The van der Waals surface area contributed by atoms with E-state index in [0.29, 0.717) is 6.42 Å². The number of aliphatic hydroxyl groups is 1. The fourth-order valence-electron chi connectivity index (χ4n) is 0.435. The summed E-state index contributed by atoms with van der Waals surface area (Å²) in [5.41, 5.74) is 0.279. The van der Waals surface area contributed by atoms with Gasteiger partial charge >= 0.3 is 5.97 Å². The third kappa shape index (κ3) is 4.09. The molecule has 0 aromatic rings. The Labute approximate surface area is 60.0 Å². The molecule has 10 heavy (non-hydrogen) atoms. The molecule has 0 bridgehead atoms. The molecule has 0 radical (unpaired) electrons. The highest BCUT2D eigenvalue weighted by molar-refractivity contribution is 5.85. The summed E-state index contributed by atoms with van der Waals surface area (Å²) in [6.45, 7) is 3.12. The SMILES string of the molecule is C/C(=C/CC(C)O)C(=O)O. The Morgan fingerprint density at radius 1 is 1.70 bits per heavy atom. The van der Waals surface area contributed by atoms with E-state index >= 15 is 0 Å². The van der Waals surface area contributed by atoms with E-state index in [4.69, 9.17) is 10.2 Å². The van der Waals surface area contributed by atoms with Gasteiger partial charge in [0.1, 0.15) is 0 Å². The molecule has 3 heteroatoms. The van der Waals surface area contributed by atoms with Gasteiger partial charge in [0.2, 0.25) is 0 Å². The Kier molecular flexibility index (Phi) is 3.72. The zero-order valence-corrected chi connectivity index (χ0v) is 6.16. The first-order chi connectivity index (χ1) is 4.54. The van der Waals surface area contributed by atoms with Crippen LogP contribution in [0.3, 0.4) is 0 Å². The Balaban J connectivity index is 3.81. The van der Waals surface area contributed by atoms with Gasteiger partial charge in [0.15, 0.2) is 0 Å². The smallest absolute Gasteiger partial charge is 0.330 e. The molecular formula is C7H12O3. The number of carboxylic acid groups (broad SMARTS) is 1. The van der Waals surface area contributed by atoms with Gasteiger partial charge in [0.05, 0.1) is 6.10 Å². The molecule has 0 saturated heterocycles. The molecule has 1 atom stereocenters. The minimum atomic E-state index is -0.930. The van der Waals surface area contributed by atoms with Crippen molar-refractivity contribution in [3.8, 4) is 0 Å². The van der Waals surface area contributed by atoms with Crippen LogP contribution in [0.25, 0.3) is 0 Å². The highest BCUT2D eigenvalue weighted by Crippen LogP contribution is 1.97. The van der Waals surface area contributed by atoms with Crippen LogP contribution in [-0.4, -0.2) is 22.3 Å². The van der Waals surface area contributed by atoms with Crippen molar-refractivity contribution in [2.75, 3.05) is 0 Å². The summed E-state index contributed by atoms with van der Waals surface area (Å²) in [6, 6.07) is 0. The van der Waals surface area contributed by atoms with Crippen molar-refractivity contribution in [1.29, 1.82) is 0 Å². The normalized spacial score (nSPS) is 14.9. The molecule has 1 unspecified atom stereocenters. The van der Waals surface area contributed by atoms with Crippen LogP contribution in [0.1, 0.15) is 20.3 Å². The number of carbonyl (C=O) groups is 1. The third-order valence-electron chi connectivity index (χ3n) is 1.10. The van der Waals surface area contributed by atoms with Crippen LogP contribution in [-0.2, 0) is 4.79 Å². The second-order valence-corrected chi connectivity index (χ2v) is 2.28. The highest BCUT2D eigenvalue weighted by Gasteiger charge is 1.99. The maximum absolute atomic E-state index is 10.2. The van der Waals surface area contributed by atoms with Crippen molar-refractivity contribution in [2.24, 2.45) is 0 Å². The molecule has 0 spiro atoms. The molecule has 0 aliphatic carbocycles. The van der Waals surface area contributed by atoms with Crippen molar-refractivity contribution >= 4 is 5.97 Å². The molecule has 0 aliphatic heterocycles. The standard InChI is InChI=1S/C7H12O3/c1-5(7(9)10)3-4-6(2)8/h3,6,8H,4H2,1-2H3,(H,9,10)/b5-3-.